The van der Waals surface area contributed by atoms with Crippen molar-refractivity contribution >= 4 is 0 Å². The van der Waals surface area contributed by atoms with Gasteiger partial charge in [-0.15, -0.1) is 0 Å². The Balaban J connectivity index is 2.84. The molecule has 3 N–H and O–H groups in total. The minimum Gasteiger partial charge on any atom is -0.365 e. The zero-order valence-corrected chi connectivity index (χ0v) is 8.09. The molecule has 1 unspecified atom stereocenters. The van der Waals surface area contributed by atoms with Crippen molar-refractivity contribution in [1.82, 2.24) is 4.98 Å². The van der Waals surface area contributed by atoms with Crippen LogP contribution in [0.15, 0.2) is 18.3 Å². The van der Waals surface area contributed by atoms with Crippen LogP contribution in [0.25, 0.3) is 0 Å². The summed E-state index contributed by atoms with van der Waals surface area (Å²) in [6.07, 6.45) is 1.95. The van der Waals surface area contributed by atoms with Crippen LogP contribution in [0.3, 0.4) is 0 Å². The van der Waals surface area contributed by atoms with Gasteiger partial charge in [0.1, 0.15) is 0 Å². The third-order valence-corrected chi connectivity index (χ3v) is 2.28. The average molecular weight is 166 g/mol. The normalized spacial score (nSPS) is 14.7. The number of nitrogens with two attached hydrogens (primary N) is 1. The molecule has 2 heteroatoms. The SMILES string of the molecule is CC(C)(C)C(CN)c1ccc[nH]1. The molecule has 0 saturated heterocycles. The van der Waals surface area contributed by atoms with Crippen molar-refractivity contribution in [3.05, 3.63) is 24.0 Å². The molecular formula is C10H18N2. The summed E-state index contributed by atoms with van der Waals surface area (Å²) >= 11 is 0. The van der Waals surface area contributed by atoms with Crippen LogP contribution < -0.4 is 5.73 Å². The van der Waals surface area contributed by atoms with Crippen LogP contribution in [0, 0.1) is 5.41 Å². The van der Waals surface area contributed by atoms with Crippen molar-refractivity contribution in [3.8, 4) is 0 Å². The second kappa shape index (κ2) is 3.31. The van der Waals surface area contributed by atoms with E-state index in [1.54, 1.807) is 0 Å². The predicted octanol–water partition coefficient (Wildman–Crippen LogP) is 2.10. The lowest BCUT2D eigenvalue weighted by Gasteiger charge is -2.28. The molecule has 0 saturated carbocycles. The molecule has 0 radical (unpaired) electrons. The van der Waals surface area contributed by atoms with Crippen LogP contribution in [-0.2, 0) is 0 Å². The zero-order valence-electron chi connectivity index (χ0n) is 8.09. The molecule has 0 spiro atoms. The molecular weight excluding hydrogens is 148 g/mol. The van der Waals surface area contributed by atoms with Gasteiger partial charge in [-0.1, -0.05) is 20.8 Å². The van der Waals surface area contributed by atoms with E-state index in [-0.39, 0.29) is 5.41 Å². The lowest BCUT2D eigenvalue weighted by molar-refractivity contribution is 0.321. The predicted molar refractivity (Wildman–Crippen MR) is 52.0 cm³/mol. The average Bonchev–Trinajstić information content (AvgIpc) is 2.38. The highest BCUT2D eigenvalue weighted by Gasteiger charge is 2.25. The Morgan fingerprint density at radius 2 is 2.17 bits per heavy atom. The van der Waals surface area contributed by atoms with Gasteiger partial charge in [0.05, 0.1) is 0 Å². The summed E-state index contributed by atoms with van der Waals surface area (Å²) in [7, 11) is 0. The van der Waals surface area contributed by atoms with Gasteiger partial charge in [0, 0.05) is 24.4 Å². The van der Waals surface area contributed by atoms with Gasteiger partial charge < -0.3 is 10.7 Å². The fourth-order valence-electron chi connectivity index (χ4n) is 1.51. The van der Waals surface area contributed by atoms with E-state index < -0.39 is 0 Å². The molecule has 0 bridgehead atoms. The van der Waals surface area contributed by atoms with Crippen molar-refractivity contribution in [2.24, 2.45) is 11.1 Å². The number of aromatic nitrogens is 1. The summed E-state index contributed by atoms with van der Waals surface area (Å²) < 4.78 is 0. The number of nitrogens with one attached hydrogen (secondary N) is 1. The summed E-state index contributed by atoms with van der Waals surface area (Å²) in [5.41, 5.74) is 7.21. The topological polar surface area (TPSA) is 41.8 Å². The molecule has 68 valence electrons. The molecule has 0 aromatic carbocycles. The number of aromatic amines is 1. The molecule has 0 amide bonds. The number of hydrogen-bond acceptors (Lipinski definition) is 1. The van der Waals surface area contributed by atoms with E-state index in [1.807, 2.05) is 12.3 Å². The minimum atomic E-state index is 0.236. The second-order valence-electron chi connectivity index (χ2n) is 4.28. The smallest absolute Gasteiger partial charge is 0.0196 e. The molecule has 0 fully saturated rings. The first kappa shape index (κ1) is 9.33. The molecule has 2 nitrogen and oxygen atoms in total. The quantitative estimate of drug-likeness (QED) is 0.694. The largest absolute Gasteiger partial charge is 0.365 e. The number of H-pyrrole nitrogens is 1. The molecule has 1 aromatic rings. The van der Waals surface area contributed by atoms with Crippen molar-refractivity contribution in [2.45, 2.75) is 26.7 Å². The summed E-state index contributed by atoms with van der Waals surface area (Å²) in [6, 6.07) is 4.12. The van der Waals surface area contributed by atoms with Gasteiger partial charge in [0.2, 0.25) is 0 Å². The van der Waals surface area contributed by atoms with Crippen LogP contribution in [0.1, 0.15) is 32.4 Å². The maximum Gasteiger partial charge on any atom is 0.0196 e. The van der Waals surface area contributed by atoms with E-state index in [0.29, 0.717) is 12.5 Å². The second-order valence-corrected chi connectivity index (χ2v) is 4.28. The first-order valence-electron chi connectivity index (χ1n) is 4.39. The van der Waals surface area contributed by atoms with Crippen molar-refractivity contribution in [1.29, 1.82) is 0 Å². The maximum atomic E-state index is 5.73. The highest BCUT2D eigenvalue weighted by molar-refractivity contribution is 5.13. The molecule has 0 aliphatic heterocycles. The Bertz CT molecular complexity index is 218. The van der Waals surface area contributed by atoms with Crippen LogP contribution in [0.2, 0.25) is 0 Å². The van der Waals surface area contributed by atoms with E-state index in [1.165, 1.54) is 5.69 Å². The molecule has 1 atom stereocenters. The zero-order chi connectivity index (χ0) is 9.19. The van der Waals surface area contributed by atoms with Crippen LogP contribution >= 0.6 is 0 Å². The number of hydrogen-bond donors (Lipinski definition) is 2. The van der Waals surface area contributed by atoms with E-state index in [9.17, 15) is 0 Å². The van der Waals surface area contributed by atoms with Crippen molar-refractivity contribution in [3.63, 3.8) is 0 Å². The van der Waals surface area contributed by atoms with Gasteiger partial charge in [-0.05, 0) is 17.5 Å². The fraction of sp³-hybridized carbons (Fsp3) is 0.600. The van der Waals surface area contributed by atoms with Crippen LogP contribution in [0.4, 0.5) is 0 Å². The number of rotatable bonds is 2. The highest BCUT2D eigenvalue weighted by Crippen LogP contribution is 2.32. The van der Waals surface area contributed by atoms with Gasteiger partial charge in [-0.3, -0.25) is 0 Å². The van der Waals surface area contributed by atoms with Gasteiger partial charge in [-0.25, -0.2) is 0 Å². The van der Waals surface area contributed by atoms with Gasteiger partial charge in [0.25, 0.3) is 0 Å². The Morgan fingerprint density at radius 1 is 1.50 bits per heavy atom. The summed E-state index contributed by atoms with van der Waals surface area (Å²) in [4.78, 5) is 3.21. The Labute approximate surface area is 74.2 Å². The van der Waals surface area contributed by atoms with Gasteiger partial charge in [0.15, 0.2) is 0 Å². The van der Waals surface area contributed by atoms with Gasteiger partial charge in [-0.2, -0.15) is 0 Å². The van der Waals surface area contributed by atoms with Crippen LogP contribution in [-0.4, -0.2) is 11.5 Å². The molecule has 0 aliphatic carbocycles. The summed E-state index contributed by atoms with van der Waals surface area (Å²) in [6.45, 7) is 7.34. The maximum absolute atomic E-state index is 5.73. The Morgan fingerprint density at radius 3 is 2.50 bits per heavy atom. The highest BCUT2D eigenvalue weighted by atomic mass is 14.7. The molecule has 1 heterocycles. The first-order valence-corrected chi connectivity index (χ1v) is 4.39. The van der Waals surface area contributed by atoms with E-state index in [0.717, 1.165) is 0 Å². The van der Waals surface area contributed by atoms with Gasteiger partial charge >= 0.3 is 0 Å². The third kappa shape index (κ3) is 1.89. The molecule has 1 aromatic heterocycles. The summed E-state index contributed by atoms with van der Waals surface area (Å²) in [5, 5.41) is 0. The first-order chi connectivity index (χ1) is 5.55. The van der Waals surface area contributed by atoms with E-state index in [2.05, 4.69) is 31.8 Å². The third-order valence-electron chi connectivity index (χ3n) is 2.28. The van der Waals surface area contributed by atoms with Crippen molar-refractivity contribution < 1.29 is 0 Å². The lowest BCUT2D eigenvalue weighted by atomic mass is 9.79. The fourth-order valence-corrected chi connectivity index (χ4v) is 1.51. The van der Waals surface area contributed by atoms with E-state index in [4.69, 9.17) is 5.73 Å². The molecule has 1 rings (SSSR count). The molecule has 0 aliphatic rings. The Kier molecular flexibility index (Phi) is 2.58. The van der Waals surface area contributed by atoms with Crippen molar-refractivity contribution in [2.75, 3.05) is 6.54 Å². The molecule has 12 heavy (non-hydrogen) atoms. The monoisotopic (exact) mass is 166 g/mol. The Hall–Kier alpha value is -0.760. The minimum absolute atomic E-state index is 0.236. The van der Waals surface area contributed by atoms with Crippen LogP contribution in [0.5, 0.6) is 0 Å². The lowest BCUT2D eigenvalue weighted by Crippen LogP contribution is -2.26. The standard InChI is InChI=1S/C10H18N2/c1-10(2,3)8(7-11)9-5-4-6-12-9/h4-6,8,12H,7,11H2,1-3H3. The van der Waals surface area contributed by atoms with E-state index >= 15 is 0 Å². The summed E-state index contributed by atoms with van der Waals surface area (Å²) in [5.74, 6) is 0.424.